The topological polar surface area (TPSA) is 55.1 Å². The molecule has 0 atom stereocenters. The van der Waals surface area contributed by atoms with Gasteiger partial charge in [-0.15, -0.1) is 0 Å². The van der Waals surface area contributed by atoms with Crippen LogP contribution < -0.4 is 0 Å². The van der Waals surface area contributed by atoms with Gasteiger partial charge in [0.15, 0.2) is 0 Å². The Balaban J connectivity index is 2.25. The second-order valence-corrected chi connectivity index (χ2v) is 4.68. The summed E-state index contributed by atoms with van der Waals surface area (Å²) in [4.78, 5) is 10.8. The third kappa shape index (κ3) is 2.74. The minimum Gasteiger partial charge on any atom is -0.478 e. The van der Waals surface area contributed by atoms with E-state index in [0.29, 0.717) is 6.54 Å². The first-order valence-electron chi connectivity index (χ1n) is 5.07. The largest absolute Gasteiger partial charge is 0.478 e. The van der Waals surface area contributed by atoms with Gasteiger partial charge >= 0.3 is 5.97 Å². The molecule has 2 aromatic rings. The summed E-state index contributed by atoms with van der Waals surface area (Å²) >= 11 is 3.38. The van der Waals surface area contributed by atoms with Gasteiger partial charge in [-0.1, -0.05) is 22.0 Å². The molecule has 0 amide bonds. The van der Waals surface area contributed by atoms with E-state index in [4.69, 9.17) is 5.11 Å². The number of aromatic nitrogens is 2. The molecule has 0 bridgehead atoms. The second-order valence-electron chi connectivity index (χ2n) is 3.83. The smallest absolute Gasteiger partial charge is 0.335 e. The van der Waals surface area contributed by atoms with Gasteiger partial charge in [0.25, 0.3) is 0 Å². The Labute approximate surface area is 107 Å². The molecule has 1 aromatic heterocycles. The maximum Gasteiger partial charge on any atom is 0.335 e. The zero-order chi connectivity index (χ0) is 12.4. The third-order valence-electron chi connectivity index (χ3n) is 2.39. The maximum atomic E-state index is 10.8. The molecule has 0 radical (unpaired) electrons. The molecular formula is C12H11BrN2O2. The number of carboxylic acid groups (broad SMARTS) is 1. The summed E-state index contributed by atoms with van der Waals surface area (Å²) in [5, 5.41) is 13.0. The lowest BCUT2D eigenvalue weighted by Gasteiger charge is -2.05. The van der Waals surface area contributed by atoms with Crippen LogP contribution >= 0.6 is 15.9 Å². The lowest BCUT2D eigenvalue weighted by Crippen LogP contribution is -2.02. The number of benzene rings is 1. The molecule has 88 valence electrons. The van der Waals surface area contributed by atoms with Crippen LogP contribution in [0.3, 0.4) is 0 Å². The maximum absolute atomic E-state index is 10.8. The van der Waals surface area contributed by atoms with Crippen molar-refractivity contribution in [1.82, 2.24) is 9.78 Å². The van der Waals surface area contributed by atoms with Crippen molar-refractivity contribution in [3.8, 4) is 0 Å². The number of aromatic carboxylic acids is 1. The molecule has 0 fully saturated rings. The summed E-state index contributed by atoms with van der Waals surface area (Å²) in [6.45, 7) is 2.60. The highest BCUT2D eigenvalue weighted by atomic mass is 79.9. The molecule has 0 aliphatic heterocycles. The molecule has 0 aliphatic carbocycles. The van der Waals surface area contributed by atoms with Gasteiger partial charge in [-0.25, -0.2) is 4.79 Å². The summed E-state index contributed by atoms with van der Waals surface area (Å²) in [6.07, 6.45) is 3.73. The van der Waals surface area contributed by atoms with E-state index >= 15 is 0 Å². The molecule has 17 heavy (non-hydrogen) atoms. The molecule has 0 saturated carbocycles. The Kier molecular flexibility index (Phi) is 3.28. The minimum atomic E-state index is -0.924. The number of hydrogen-bond donors (Lipinski definition) is 1. The van der Waals surface area contributed by atoms with Crippen LogP contribution in [0, 0.1) is 6.92 Å². The van der Waals surface area contributed by atoms with Crippen molar-refractivity contribution in [3.63, 3.8) is 0 Å². The summed E-state index contributed by atoms with van der Waals surface area (Å²) in [6, 6.07) is 5.00. The van der Waals surface area contributed by atoms with Gasteiger partial charge in [0, 0.05) is 10.7 Å². The van der Waals surface area contributed by atoms with Crippen molar-refractivity contribution in [1.29, 1.82) is 0 Å². The predicted octanol–water partition coefficient (Wildman–Crippen LogP) is 2.70. The number of carbonyl (C=O) groups is 1. The van der Waals surface area contributed by atoms with Crippen LogP contribution in [-0.4, -0.2) is 20.9 Å². The van der Waals surface area contributed by atoms with E-state index in [2.05, 4.69) is 21.0 Å². The molecule has 0 unspecified atom stereocenters. The summed E-state index contributed by atoms with van der Waals surface area (Å²) in [5.74, 6) is -0.924. The molecule has 1 aromatic carbocycles. The van der Waals surface area contributed by atoms with Crippen LogP contribution in [0.25, 0.3) is 0 Å². The average Bonchev–Trinajstić information content (AvgIpc) is 2.67. The monoisotopic (exact) mass is 294 g/mol. The number of aryl methyl sites for hydroxylation is 1. The minimum absolute atomic E-state index is 0.275. The van der Waals surface area contributed by atoms with E-state index in [-0.39, 0.29) is 5.56 Å². The average molecular weight is 295 g/mol. The van der Waals surface area contributed by atoms with Gasteiger partial charge in [0.1, 0.15) is 0 Å². The predicted molar refractivity (Wildman–Crippen MR) is 67.2 cm³/mol. The fourth-order valence-corrected chi connectivity index (χ4v) is 2.04. The highest BCUT2D eigenvalue weighted by molar-refractivity contribution is 9.10. The van der Waals surface area contributed by atoms with Crippen LogP contribution in [0.15, 0.2) is 35.1 Å². The van der Waals surface area contributed by atoms with E-state index < -0.39 is 5.97 Å². The Bertz CT molecular complexity index is 563. The van der Waals surface area contributed by atoms with Gasteiger partial charge in [-0.05, 0) is 30.2 Å². The van der Waals surface area contributed by atoms with Crippen LogP contribution in [0.4, 0.5) is 0 Å². The molecular weight excluding hydrogens is 284 g/mol. The van der Waals surface area contributed by atoms with Crippen molar-refractivity contribution in [2.24, 2.45) is 0 Å². The lowest BCUT2D eigenvalue weighted by atomic mass is 10.1. The fourth-order valence-electron chi connectivity index (χ4n) is 1.54. The van der Waals surface area contributed by atoms with Gasteiger partial charge < -0.3 is 5.11 Å². The number of carboxylic acids is 1. The highest BCUT2D eigenvalue weighted by Crippen LogP contribution is 2.19. The quantitative estimate of drug-likeness (QED) is 0.947. The van der Waals surface area contributed by atoms with E-state index in [9.17, 15) is 4.79 Å². The van der Waals surface area contributed by atoms with Crippen molar-refractivity contribution in [3.05, 3.63) is 51.8 Å². The molecule has 5 heteroatoms. The molecule has 2 rings (SSSR count). The normalized spacial score (nSPS) is 10.5. The Morgan fingerprint density at radius 1 is 1.53 bits per heavy atom. The first-order valence-corrected chi connectivity index (χ1v) is 5.86. The van der Waals surface area contributed by atoms with Crippen LogP contribution in [0.5, 0.6) is 0 Å². The first-order chi connectivity index (χ1) is 8.06. The van der Waals surface area contributed by atoms with Gasteiger partial charge in [-0.3, -0.25) is 4.68 Å². The zero-order valence-corrected chi connectivity index (χ0v) is 10.8. The molecule has 0 saturated heterocycles. The van der Waals surface area contributed by atoms with Gasteiger partial charge in [-0.2, -0.15) is 5.10 Å². The zero-order valence-electron chi connectivity index (χ0n) is 9.22. The Morgan fingerprint density at radius 3 is 2.82 bits per heavy atom. The summed E-state index contributed by atoms with van der Waals surface area (Å²) < 4.78 is 2.60. The molecule has 1 N–H and O–H groups in total. The van der Waals surface area contributed by atoms with Crippen LogP contribution in [0.1, 0.15) is 21.5 Å². The Hall–Kier alpha value is -1.62. The van der Waals surface area contributed by atoms with Crippen molar-refractivity contribution >= 4 is 21.9 Å². The number of halogens is 1. The summed E-state index contributed by atoms with van der Waals surface area (Å²) in [5.41, 5.74) is 2.37. The van der Waals surface area contributed by atoms with E-state index in [1.165, 1.54) is 0 Å². The van der Waals surface area contributed by atoms with Crippen molar-refractivity contribution < 1.29 is 9.90 Å². The number of rotatable bonds is 3. The van der Waals surface area contributed by atoms with Crippen molar-refractivity contribution in [2.75, 3.05) is 0 Å². The number of hydrogen-bond acceptors (Lipinski definition) is 2. The van der Waals surface area contributed by atoms with Gasteiger partial charge in [0.2, 0.25) is 0 Å². The van der Waals surface area contributed by atoms with Gasteiger partial charge in [0.05, 0.1) is 18.3 Å². The van der Waals surface area contributed by atoms with Crippen molar-refractivity contribution in [2.45, 2.75) is 13.5 Å². The summed E-state index contributed by atoms with van der Waals surface area (Å²) in [7, 11) is 0. The molecule has 0 spiro atoms. The second kappa shape index (κ2) is 4.71. The number of nitrogens with zero attached hydrogens (tertiary/aromatic N) is 2. The molecule has 0 aliphatic rings. The van der Waals surface area contributed by atoms with E-state index in [0.717, 1.165) is 15.6 Å². The van der Waals surface area contributed by atoms with Crippen LogP contribution in [0.2, 0.25) is 0 Å². The third-order valence-corrected chi connectivity index (χ3v) is 3.13. The fraction of sp³-hybridized carbons (Fsp3) is 0.167. The lowest BCUT2D eigenvalue weighted by molar-refractivity contribution is 0.0697. The van der Waals surface area contributed by atoms with Crippen LogP contribution in [-0.2, 0) is 6.54 Å². The SMILES string of the molecule is Cc1cnn(Cc2ccc(C(=O)O)cc2Br)c1. The van der Waals surface area contributed by atoms with E-state index in [1.54, 1.807) is 24.4 Å². The van der Waals surface area contributed by atoms with E-state index in [1.807, 2.05) is 17.8 Å². The Morgan fingerprint density at radius 2 is 2.29 bits per heavy atom. The standard InChI is InChI=1S/C12H11BrN2O2/c1-8-5-14-15(6-8)7-10-3-2-9(12(16)17)4-11(10)13/h2-6H,7H2,1H3,(H,16,17). The molecule has 4 nitrogen and oxygen atoms in total. The molecule has 1 heterocycles. The highest BCUT2D eigenvalue weighted by Gasteiger charge is 2.07. The first kappa shape index (κ1) is 11.9.